The monoisotopic (exact) mass is 480 g/mol. The molecule has 0 fully saturated rings. The molecule has 0 saturated carbocycles. The number of H-pyrrole nitrogens is 1. The van der Waals surface area contributed by atoms with Crippen molar-refractivity contribution < 1.29 is 14.4 Å². The van der Waals surface area contributed by atoms with Gasteiger partial charge in [0.05, 0.1) is 6.42 Å². The van der Waals surface area contributed by atoms with Crippen LogP contribution in [0.15, 0.2) is 48.5 Å². The molecular formula is C26H29ClN4O3. The number of aryl methyl sites for hydroxylation is 1. The largest absolute Gasteiger partial charge is 0.368 e. The molecule has 0 unspecified atom stereocenters. The highest BCUT2D eigenvalue weighted by Crippen LogP contribution is 2.34. The van der Waals surface area contributed by atoms with Gasteiger partial charge in [0.25, 0.3) is 0 Å². The fraction of sp³-hybridized carbons (Fsp3) is 0.346. The molecule has 178 valence electrons. The Morgan fingerprint density at radius 2 is 1.82 bits per heavy atom. The van der Waals surface area contributed by atoms with E-state index in [0.717, 1.165) is 27.7 Å². The number of nitrogens with two attached hydrogens (primary N) is 1. The van der Waals surface area contributed by atoms with E-state index in [1.165, 1.54) is 0 Å². The summed E-state index contributed by atoms with van der Waals surface area (Å²) in [6.07, 6.45) is 1.40. The molecule has 0 spiro atoms. The highest BCUT2D eigenvalue weighted by molar-refractivity contribution is 6.30. The zero-order chi connectivity index (χ0) is 24.5. The topological polar surface area (TPSA) is 117 Å². The molecule has 4 rings (SSSR count). The number of carbonyl (C=O) groups is 3. The van der Waals surface area contributed by atoms with Crippen molar-refractivity contribution >= 4 is 40.2 Å². The lowest BCUT2D eigenvalue weighted by Gasteiger charge is -2.38. The van der Waals surface area contributed by atoms with E-state index in [1.807, 2.05) is 38.1 Å². The van der Waals surface area contributed by atoms with E-state index in [0.29, 0.717) is 24.3 Å². The number of aromatic nitrogens is 1. The van der Waals surface area contributed by atoms with E-state index in [-0.39, 0.29) is 18.2 Å². The molecule has 1 heterocycles. The van der Waals surface area contributed by atoms with Gasteiger partial charge in [0, 0.05) is 28.0 Å². The zero-order valence-corrected chi connectivity index (χ0v) is 20.0. The molecule has 3 amide bonds. The van der Waals surface area contributed by atoms with Crippen molar-refractivity contribution in [2.45, 2.75) is 51.1 Å². The van der Waals surface area contributed by atoms with E-state index < -0.39 is 23.4 Å². The minimum atomic E-state index is -1.20. The minimum absolute atomic E-state index is 0.108. The van der Waals surface area contributed by atoms with Gasteiger partial charge in [-0.1, -0.05) is 55.8 Å². The quantitative estimate of drug-likeness (QED) is 0.416. The summed E-state index contributed by atoms with van der Waals surface area (Å²) in [7, 11) is 0. The van der Waals surface area contributed by atoms with Gasteiger partial charge < -0.3 is 21.4 Å². The normalized spacial score (nSPS) is 18.4. The maximum Gasteiger partial charge on any atom is 0.246 e. The maximum absolute atomic E-state index is 13.7. The van der Waals surface area contributed by atoms with Gasteiger partial charge in [-0.15, -0.1) is 0 Å². The second-order valence-corrected chi connectivity index (χ2v) is 9.77. The summed E-state index contributed by atoms with van der Waals surface area (Å²) in [5, 5.41) is 7.46. The molecule has 0 bridgehead atoms. The van der Waals surface area contributed by atoms with E-state index in [1.54, 1.807) is 24.3 Å². The number of amides is 3. The molecule has 8 heteroatoms. The lowest BCUT2D eigenvalue weighted by Crippen LogP contribution is -2.64. The van der Waals surface area contributed by atoms with Gasteiger partial charge in [0.15, 0.2) is 0 Å². The predicted octanol–water partition coefficient (Wildman–Crippen LogP) is 3.03. The molecule has 1 aliphatic carbocycles. The molecule has 3 aromatic rings. The standard InChI is InChI=1S/C26H29ClN4O3/c1-15(2)23(24(28)33)30-25(34)26(31-22(32)13-16-7-9-17(27)10-8-16)12-11-21-19(14-26)18-5-3-4-6-20(18)29-21/h3-10,15,23,29H,11-14H2,1-2H3,(H2,28,33)(H,30,34)(H,31,32)/t23-,26+/m0/s1. The van der Waals surface area contributed by atoms with E-state index in [4.69, 9.17) is 17.3 Å². The van der Waals surface area contributed by atoms with Crippen LogP contribution in [0.1, 0.15) is 37.1 Å². The Labute approximate surface area is 203 Å². The van der Waals surface area contributed by atoms with Crippen LogP contribution < -0.4 is 16.4 Å². The van der Waals surface area contributed by atoms with Crippen LogP contribution in [0.4, 0.5) is 0 Å². The summed E-state index contributed by atoms with van der Waals surface area (Å²) < 4.78 is 0. The van der Waals surface area contributed by atoms with Crippen LogP contribution in [0, 0.1) is 5.92 Å². The van der Waals surface area contributed by atoms with Crippen molar-refractivity contribution in [1.29, 1.82) is 0 Å². The highest BCUT2D eigenvalue weighted by atomic mass is 35.5. The van der Waals surface area contributed by atoms with Gasteiger partial charge in [-0.05, 0) is 48.1 Å². The number of carbonyl (C=O) groups excluding carboxylic acids is 3. The molecule has 0 saturated heterocycles. The summed E-state index contributed by atoms with van der Waals surface area (Å²) in [6.45, 7) is 3.64. The van der Waals surface area contributed by atoms with Crippen molar-refractivity contribution in [1.82, 2.24) is 15.6 Å². The van der Waals surface area contributed by atoms with Crippen molar-refractivity contribution in [3.8, 4) is 0 Å². The maximum atomic E-state index is 13.7. The fourth-order valence-corrected chi connectivity index (χ4v) is 4.83. The molecule has 1 aromatic heterocycles. The predicted molar refractivity (Wildman–Crippen MR) is 132 cm³/mol. The van der Waals surface area contributed by atoms with Crippen molar-refractivity contribution in [2.24, 2.45) is 11.7 Å². The van der Waals surface area contributed by atoms with Gasteiger partial charge >= 0.3 is 0 Å². The molecular weight excluding hydrogens is 452 g/mol. The first-order chi connectivity index (χ1) is 16.2. The van der Waals surface area contributed by atoms with Gasteiger partial charge in [-0.2, -0.15) is 0 Å². The number of hydrogen-bond acceptors (Lipinski definition) is 3. The SMILES string of the molecule is CC(C)[C@H](NC(=O)[C@@]1(NC(=O)Cc2ccc(Cl)cc2)CCc2[nH]c3ccccc3c2C1)C(N)=O. The molecule has 0 aliphatic heterocycles. The van der Waals surface area contributed by atoms with Crippen LogP contribution in [0.5, 0.6) is 0 Å². The average molecular weight is 481 g/mol. The van der Waals surface area contributed by atoms with Crippen molar-refractivity contribution in [3.05, 3.63) is 70.4 Å². The number of primary amides is 1. The Hall–Kier alpha value is -3.32. The third-order valence-electron chi connectivity index (χ3n) is 6.53. The second kappa shape index (κ2) is 9.50. The molecule has 34 heavy (non-hydrogen) atoms. The number of nitrogens with one attached hydrogen (secondary N) is 3. The van der Waals surface area contributed by atoms with Crippen molar-refractivity contribution in [2.75, 3.05) is 0 Å². The van der Waals surface area contributed by atoms with E-state index in [2.05, 4.69) is 15.6 Å². The minimum Gasteiger partial charge on any atom is -0.368 e. The highest BCUT2D eigenvalue weighted by Gasteiger charge is 2.45. The number of aromatic amines is 1. The summed E-state index contributed by atoms with van der Waals surface area (Å²) in [4.78, 5) is 42.2. The van der Waals surface area contributed by atoms with Gasteiger partial charge in [-0.25, -0.2) is 0 Å². The Morgan fingerprint density at radius 3 is 2.50 bits per heavy atom. The molecule has 5 N–H and O–H groups in total. The van der Waals surface area contributed by atoms with Gasteiger partial charge in [0.2, 0.25) is 17.7 Å². The van der Waals surface area contributed by atoms with Crippen LogP contribution in [-0.4, -0.2) is 34.3 Å². The summed E-state index contributed by atoms with van der Waals surface area (Å²) in [5.74, 6) is -1.46. The first-order valence-corrected chi connectivity index (χ1v) is 11.8. The number of fused-ring (bicyclic) bond motifs is 3. The number of benzene rings is 2. The average Bonchev–Trinajstić information content (AvgIpc) is 3.16. The van der Waals surface area contributed by atoms with Gasteiger partial charge in [-0.3, -0.25) is 14.4 Å². The zero-order valence-electron chi connectivity index (χ0n) is 19.3. The molecule has 2 aromatic carbocycles. The summed E-state index contributed by atoms with van der Waals surface area (Å²) in [5.41, 5.74) is 8.20. The molecule has 7 nitrogen and oxygen atoms in total. The van der Waals surface area contributed by atoms with Crippen LogP contribution in [0.2, 0.25) is 5.02 Å². The van der Waals surface area contributed by atoms with Crippen molar-refractivity contribution in [3.63, 3.8) is 0 Å². The lowest BCUT2D eigenvalue weighted by molar-refractivity contribution is -0.136. The third kappa shape index (κ3) is 4.80. The smallest absolute Gasteiger partial charge is 0.246 e. The molecule has 2 atom stereocenters. The number of para-hydroxylation sites is 1. The lowest BCUT2D eigenvalue weighted by atomic mass is 9.78. The Morgan fingerprint density at radius 1 is 1.12 bits per heavy atom. The Kier molecular flexibility index (Phi) is 6.66. The van der Waals surface area contributed by atoms with Crippen LogP contribution >= 0.6 is 11.6 Å². The first-order valence-electron chi connectivity index (χ1n) is 11.4. The third-order valence-corrected chi connectivity index (χ3v) is 6.79. The summed E-state index contributed by atoms with van der Waals surface area (Å²) in [6, 6.07) is 14.1. The number of hydrogen-bond donors (Lipinski definition) is 4. The van der Waals surface area contributed by atoms with Gasteiger partial charge in [0.1, 0.15) is 11.6 Å². The second-order valence-electron chi connectivity index (χ2n) is 9.34. The first kappa shape index (κ1) is 23.8. The van der Waals surface area contributed by atoms with Crippen LogP contribution in [0.25, 0.3) is 10.9 Å². The Bertz CT molecular complexity index is 1230. The number of rotatable bonds is 7. The van der Waals surface area contributed by atoms with E-state index >= 15 is 0 Å². The summed E-state index contributed by atoms with van der Waals surface area (Å²) >= 11 is 5.96. The Balaban J connectivity index is 1.66. The number of halogens is 1. The van der Waals surface area contributed by atoms with E-state index in [9.17, 15) is 14.4 Å². The van der Waals surface area contributed by atoms with Crippen LogP contribution in [0.3, 0.4) is 0 Å². The van der Waals surface area contributed by atoms with Crippen LogP contribution in [-0.2, 0) is 33.6 Å². The molecule has 0 radical (unpaired) electrons. The molecule has 1 aliphatic rings. The fourth-order valence-electron chi connectivity index (χ4n) is 4.70.